The SMILES string of the molecule is Cc1c(Cc2ccc(Cl)cc2Cl)c(Cl)n2c(nc3ccccc32)c1C#N. The molecule has 128 valence electrons. The molecular weight excluding hydrogens is 389 g/mol. The highest BCUT2D eigenvalue weighted by molar-refractivity contribution is 6.35. The van der Waals surface area contributed by atoms with Crippen LogP contribution in [0.2, 0.25) is 15.2 Å². The van der Waals surface area contributed by atoms with E-state index < -0.39 is 0 Å². The third-order valence-corrected chi connectivity index (χ3v) is 5.54. The van der Waals surface area contributed by atoms with Crippen LogP contribution < -0.4 is 0 Å². The van der Waals surface area contributed by atoms with E-state index >= 15 is 0 Å². The summed E-state index contributed by atoms with van der Waals surface area (Å²) in [5.74, 6) is 0. The number of nitriles is 1. The molecule has 4 rings (SSSR count). The highest BCUT2D eigenvalue weighted by atomic mass is 35.5. The van der Waals surface area contributed by atoms with Crippen LogP contribution >= 0.6 is 34.8 Å². The third kappa shape index (κ3) is 2.62. The lowest BCUT2D eigenvalue weighted by Gasteiger charge is -2.14. The Hall–Kier alpha value is -2.25. The van der Waals surface area contributed by atoms with Crippen molar-refractivity contribution in [2.45, 2.75) is 13.3 Å². The fourth-order valence-corrected chi connectivity index (χ4v) is 4.05. The average molecular weight is 401 g/mol. The highest BCUT2D eigenvalue weighted by Gasteiger charge is 2.20. The molecule has 0 atom stereocenters. The summed E-state index contributed by atoms with van der Waals surface area (Å²) in [5.41, 5.74) is 5.32. The Morgan fingerprint density at radius 1 is 1.12 bits per heavy atom. The molecule has 0 aliphatic rings. The zero-order valence-electron chi connectivity index (χ0n) is 13.7. The van der Waals surface area contributed by atoms with Crippen LogP contribution in [0.15, 0.2) is 42.5 Å². The summed E-state index contributed by atoms with van der Waals surface area (Å²) in [6, 6.07) is 15.3. The molecule has 0 fully saturated rings. The van der Waals surface area contributed by atoms with Gasteiger partial charge in [0.25, 0.3) is 0 Å². The minimum atomic E-state index is 0.498. The molecule has 2 aromatic heterocycles. The van der Waals surface area contributed by atoms with Gasteiger partial charge in [0.05, 0.1) is 16.6 Å². The first-order chi connectivity index (χ1) is 12.5. The first-order valence-electron chi connectivity index (χ1n) is 7.93. The third-order valence-electron chi connectivity index (χ3n) is 4.55. The maximum absolute atomic E-state index is 9.72. The van der Waals surface area contributed by atoms with E-state index in [0.29, 0.717) is 32.8 Å². The Morgan fingerprint density at radius 3 is 2.62 bits per heavy atom. The minimum Gasteiger partial charge on any atom is -0.281 e. The number of fused-ring (bicyclic) bond motifs is 3. The molecule has 0 aliphatic carbocycles. The summed E-state index contributed by atoms with van der Waals surface area (Å²) in [4.78, 5) is 4.60. The first-order valence-corrected chi connectivity index (χ1v) is 9.06. The van der Waals surface area contributed by atoms with Crippen molar-refractivity contribution in [3.8, 4) is 6.07 Å². The lowest BCUT2D eigenvalue weighted by atomic mass is 9.99. The Bertz CT molecular complexity index is 1220. The molecule has 0 N–H and O–H groups in total. The van der Waals surface area contributed by atoms with Crippen molar-refractivity contribution in [3.63, 3.8) is 0 Å². The molecule has 26 heavy (non-hydrogen) atoms. The van der Waals surface area contributed by atoms with Gasteiger partial charge in [0, 0.05) is 16.5 Å². The van der Waals surface area contributed by atoms with Gasteiger partial charge in [-0.15, -0.1) is 0 Å². The van der Waals surface area contributed by atoms with Crippen LogP contribution in [-0.4, -0.2) is 9.38 Å². The Labute approximate surface area is 165 Å². The van der Waals surface area contributed by atoms with Crippen LogP contribution in [0.25, 0.3) is 16.7 Å². The molecule has 0 spiro atoms. The Kier molecular flexibility index (Phi) is 4.28. The number of nitrogens with zero attached hydrogens (tertiary/aromatic N) is 3. The maximum atomic E-state index is 9.72. The summed E-state index contributed by atoms with van der Waals surface area (Å²) in [6.07, 6.45) is 0.498. The normalized spacial score (nSPS) is 11.2. The van der Waals surface area contributed by atoms with Crippen LogP contribution in [0.5, 0.6) is 0 Å². The predicted molar refractivity (Wildman–Crippen MR) is 106 cm³/mol. The van der Waals surface area contributed by atoms with E-state index in [1.165, 1.54) is 0 Å². The van der Waals surface area contributed by atoms with Gasteiger partial charge < -0.3 is 0 Å². The Morgan fingerprint density at radius 2 is 1.88 bits per heavy atom. The zero-order valence-corrected chi connectivity index (χ0v) is 16.0. The van der Waals surface area contributed by atoms with Gasteiger partial charge in [0.1, 0.15) is 11.2 Å². The molecule has 0 saturated heterocycles. The molecule has 0 radical (unpaired) electrons. The molecule has 0 aliphatic heterocycles. The molecule has 0 saturated carbocycles. The van der Waals surface area contributed by atoms with Gasteiger partial charge in [0.15, 0.2) is 5.65 Å². The van der Waals surface area contributed by atoms with Crippen LogP contribution in [0.1, 0.15) is 22.3 Å². The number of hydrogen-bond acceptors (Lipinski definition) is 2. The van der Waals surface area contributed by atoms with Gasteiger partial charge in [-0.05, 0) is 47.9 Å². The largest absolute Gasteiger partial charge is 0.281 e. The second-order valence-corrected chi connectivity index (χ2v) is 7.25. The second kappa shape index (κ2) is 6.48. The van der Waals surface area contributed by atoms with Gasteiger partial charge in [0.2, 0.25) is 0 Å². The maximum Gasteiger partial charge on any atom is 0.157 e. The molecule has 2 aromatic carbocycles. The van der Waals surface area contributed by atoms with Gasteiger partial charge >= 0.3 is 0 Å². The summed E-state index contributed by atoms with van der Waals surface area (Å²) < 4.78 is 1.83. The first kappa shape index (κ1) is 17.2. The van der Waals surface area contributed by atoms with E-state index in [0.717, 1.165) is 27.7 Å². The fourth-order valence-electron chi connectivity index (χ4n) is 3.20. The summed E-state index contributed by atoms with van der Waals surface area (Å²) >= 11 is 19.1. The topological polar surface area (TPSA) is 41.1 Å². The molecule has 4 aromatic rings. The molecule has 3 nitrogen and oxygen atoms in total. The molecule has 0 unspecified atom stereocenters. The van der Waals surface area contributed by atoms with Gasteiger partial charge in [-0.25, -0.2) is 4.98 Å². The number of benzene rings is 2. The zero-order chi connectivity index (χ0) is 18.4. The molecule has 0 amide bonds. The van der Waals surface area contributed by atoms with Crippen LogP contribution in [0, 0.1) is 18.3 Å². The standard InChI is InChI=1S/C20H12Cl3N3/c1-11-14(8-12-6-7-13(21)9-16(12)22)19(23)26-18-5-3-2-4-17(18)25-20(26)15(11)10-24/h2-7,9H,8H2,1H3. The van der Waals surface area contributed by atoms with E-state index in [9.17, 15) is 5.26 Å². The summed E-state index contributed by atoms with van der Waals surface area (Å²) in [5, 5.41) is 11.4. The summed E-state index contributed by atoms with van der Waals surface area (Å²) in [6.45, 7) is 1.89. The van der Waals surface area contributed by atoms with Gasteiger partial charge in [-0.2, -0.15) is 5.26 Å². The van der Waals surface area contributed by atoms with E-state index in [-0.39, 0.29) is 0 Å². The second-order valence-electron chi connectivity index (χ2n) is 6.05. The number of aromatic nitrogens is 2. The van der Waals surface area contributed by atoms with Crippen molar-refractivity contribution in [3.05, 3.63) is 79.9 Å². The molecule has 0 bridgehead atoms. The van der Waals surface area contributed by atoms with Gasteiger partial charge in [-0.3, -0.25) is 4.40 Å². The van der Waals surface area contributed by atoms with E-state index in [4.69, 9.17) is 34.8 Å². The number of para-hydroxylation sites is 2. The monoisotopic (exact) mass is 399 g/mol. The quantitative estimate of drug-likeness (QED) is 0.375. The van der Waals surface area contributed by atoms with Crippen molar-refractivity contribution in [2.24, 2.45) is 0 Å². The molecular formula is C20H12Cl3N3. The minimum absolute atomic E-state index is 0.498. The number of hydrogen-bond donors (Lipinski definition) is 0. The summed E-state index contributed by atoms with van der Waals surface area (Å²) in [7, 11) is 0. The van der Waals surface area contributed by atoms with Crippen molar-refractivity contribution in [1.82, 2.24) is 9.38 Å². The average Bonchev–Trinajstić information content (AvgIpc) is 3.00. The molecule has 6 heteroatoms. The van der Waals surface area contributed by atoms with Crippen molar-refractivity contribution >= 4 is 51.5 Å². The number of rotatable bonds is 2. The lowest BCUT2D eigenvalue weighted by molar-refractivity contribution is 1.08. The lowest BCUT2D eigenvalue weighted by Crippen LogP contribution is -2.03. The number of pyridine rings is 1. The number of halogens is 3. The highest BCUT2D eigenvalue weighted by Crippen LogP contribution is 2.33. The van der Waals surface area contributed by atoms with Crippen molar-refractivity contribution in [1.29, 1.82) is 5.26 Å². The van der Waals surface area contributed by atoms with E-state index in [1.54, 1.807) is 12.1 Å². The van der Waals surface area contributed by atoms with Crippen LogP contribution in [-0.2, 0) is 6.42 Å². The Balaban J connectivity index is 2.03. The number of imidazole rings is 1. The van der Waals surface area contributed by atoms with E-state index in [2.05, 4.69) is 11.1 Å². The predicted octanol–water partition coefficient (Wildman–Crippen LogP) is 6.22. The van der Waals surface area contributed by atoms with Crippen LogP contribution in [0.3, 0.4) is 0 Å². The van der Waals surface area contributed by atoms with Gasteiger partial charge in [-0.1, -0.05) is 53.0 Å². The molecule has 2 heterocycles. The fraction of sp³-hybridized carbons (Fsp3) is 0.100. The van der Waals surface area contributed by atoms with Crippen molar-refractivity contribution < 1.29 is 0 Å². The van der Waals surface area contributed by atoms with E-state index in [1.807, 2.05) is 41.7 Å². The van der Waals surface area contributed by atoms with Crippen LogP contribution in [0.4, 0.5) is 0 Å². The smallest absolute Gasteiger partial charge is 0.157 e. The van der Waals surface area contributed by atoms with Crippen molar-refractivity contribution in [2.75, 3.05) is 0 Å².